The van der Waals surface area contributed by atoms with Crippen molar-refractivity contribution in [2.75, 3.05) is 6.61 Å². The molecule has 4 rings (SSSR count). The number of carbonyl (C=O) groups is 1. The second-order valence-electron chi connectivity index (χ2n) is 7.50. The lowest BCUT2D eigenvalue weighted by atomic mass is 10.0. The van der Waals surface area contributed by atoms with Gasteiger partial charge in [-0.05, 0) is 43.5 Å². The van der Waals surface area contributed by atoms with Crippen LogP contribution in [0.1, 0.15) is 39.2 Å². The van der Waals surface area contributed by atoms with Crippen LogP contribution >= 0.6 is 11.8 Å². The molecule has 0 bridgehead atoms. The summed E-state index contributed by atoms with van der Waals surface area (Å²) < 4.78 is 8.59. The fraction of sp³-hybridized carbons (Fsp3) is 0.304. The quantitative estimate of drug-likeness (QED) is 0.333. The Bertz CT molecular complexity index is 1330. The van der Waals surface area contributed by atoms with Gasteiger partial charge in [0.05, 0.1) is 23.2 Å². The van der Waals surface area contributed by atoms with Gasteiger partial charge in [0.1, 0.15) is 5.25 Å². The third kappa shape index (κ3) is 3.72. The number of ether oxygens (including phenoxy) is 1. The highest BCUT2D eigenvalue weighted by Crippen LogP contribution is 2.28. The van der Waals surface area contributed by atoms with Gasteiger partial charge in [0.15, 0.2) is 5.16 Å². The molecule has 160 valence electrons. The van der Waals surface area contributed by atoms with Crippen LogP contribution in [0.15, 0.2) is 58.5 Å². The van der Waals surface area contributed by atoms with Crippen LogP contribution in [0.4, 0.5) is 0 Å². The molecule has 4 aromatic rings. The Morgan fingerprint density at radius 3 is 2.52 bits per heavy atom. The number of benzene rings is 2. The van der Waals surface area contributed by atoms with Crippen LogP contribution in [0.25, 0.3) is 22.4 Å². The van der Waals surface area contributed by atoms with Crippen molar-refractivity contribution in [1.82, 2.24) is 19.2 Å². The van der Waals surface area contributed by atoms with Crippen LogP contribution in [0.3, 0.4) is 0 Å². The third-order valence-corrected chi connectivity index (χ3v) is 6.12. The number of rotatable bonds is 6. The van der Waals surface area contributed by atoms with Crippen molar-refractivity contribution in [3.63, 3.8) is 0 Å². The monoisotopic (exact) mass is 436 g/mol. The zero-order valence-electron chi connectivity index (χ0n) is 17.9. The zero-order valence-corrected chi connectivity index (χ0v) is 18.7. The molecule has 31 heavy (non-hydrogen) atoms. The SMILES string of the molecule is CCOC(=O)C(C)Sc1nnc2n(-c3ccccc3C(C)C)c(=O)c3ccccc3n12. The lowest BCUT2D eigenvalue weighted by Gasteiger charge is -2.16. The predicted octanol–water partition coefficient (Wildman–Crippen LogP) is 4.20. The lowest BCUT2D eigenvalue weighted by molar-refractivity contribution is -0.142. The standard InChI is InChI=1S/C23H24N4O3S/c1-5-30-21(29)15(4)31-23-25-24-22-26(18-12-8-6-10-16(18)14(2)3)20(28)17-11-7-9-13-19(17)27(22)23/h6-15H,5H2,1-4H3. The van der Waals surface area contributed by atoms with Crippen LogP contribution in [0, 0.1) is 0 Å². The molecule has 0 aliphatic carbocycles. The summed E-state index contributed by atoms with van der Waals surface area (Å²) in [6, 6.07) is 15.2. The molecule has 0 radical (unpaired) electrons. The first-order valence-electron chi connectivity index (χ1n) is 10.3. The molecular weight excluding hydrogens is 412 g/mol. The Labute approximate surface area is 184 Å². The number of aromatic nitrogens is 4. The molecule has 2 heterocycles. The van der Waals surface area contributed by atoms with Gasteiger partial charge in [-0.1, -0.05) is 55.9 Å². The maximum absolute atomic E-state index is 13.5. The average Bonchev–Trinajstić information content (AvgIpc) is 3.17. The van der Waals surface area contributed by atoms with Gasteiger partial charge in [0.2, 0.25) is 5.78 Å². The summed E-state index contributed by atoms with van der Waals surface area (Å²) in [5.41, 5.74) is 2.36. The van der Waals surface area contributed by atoms with Gasteiger partial charge in [-0.25, -0.2) is 4.57 Å². The molecular formula is C23H24N4O3S. The summed E-state index contributed by atoms with van der Waals surface area (Å²) in [5, 5.41) is 9.33. The van der Waals surface area contributed by atoms with Crippen LogP contribution < -0.4 is 5.56 Å². The largest absolute Gasteiger partial charge is 0.465 e. The Hall–Kier alpha value is -3.13. The van der Waals surface area contributed by atoms with Crippen LogP contribution in [0.5, 0.6) is 0 Å². The highest BCUT2D eigenvalue weighted by molar-refractivity contribution is 8.00. The summed E-state index contributed by atoms with van der Waals surface area (Å²) in [4.78, 5) is 25.7. The highest BCUT2D eigenvalue weighted by atomic mass is 32.2. The molecule has 0 aliphatic rings. The smallest absolute Gasteiger partial charge is 0.319 e. The number of carbonyl (C=O) groups excluding carboxylic acids is 1. The number of nitrogens with zero attached hydrogens (tertiary/aromatic N) is 4. The fourth-order valence-corrected chi connectivity index (χ4v) is 4.47. The van der Waals surface area contributed by atoms with Crippen molar-refractivity contribution in [3.8, 4) is 5.69 Å². The van der Waals surface area contributed by atoms with Crippen LogP contribution in [0.2, 0.25) is 0 Å². The molecule has 0 amide bonds. The molecule has 0 aliphatic heterocycles. The number of thioether (sulfide) groups is 1. The molecule has 2 aromatic carbocycles. The molecule has 2 aromatic heterocycles. The van der Waals surface area contributed by atoms with E-state index in [9.17, 15) is 9.59 Å². The van der Waals surface area contributed by atoms with Crippen molar-refractivity contribution in [2.45, 2.75) is 44.0 Å². The molecule has 0 N–H and O–H groups in total. The number of hydrogen-bond acceptors (Lipinski definition) is 6. The first kappa shape index (κ1) is 21.1. The number of esters is 1. The minimum atomic E-state index is -0.463. The van der Waals surface area contributed by atoms with Gasteiger partial charge in [-0.3, -0.25) is 14.0 Å². The lowest BCUT2D eigenvalue weighted by Crippen LogP contribution is -2.23. The first-order valence-corrected chi connectivity index (χ1v) is 11.1. The van der Waals surface area contributed by atoms with Crippen molar-refractivity contribution < 1.29 is 9.53 Å². The molecule has 0 saturated carbocycles. The van der Waals surface area contributed by atoms with Crippen molar-refractivity contribution >= 4 is 34.4 Å². The van der Waals surface area contributed by atoms with Gasteiger partial charge in [0, 0.05) is 0 Å². The summed E-state index contributed by atoms with van der Waals surface area (Å²) in [6.07, 6.45) is 0. The van der Waals surface area contributed by atoms with Crippen molar-refractivity contribution in [3.05, 3.63) is 64.4 Å². The van der Waals surface area contributed by atoms with E-state index in [0.717, 1.165) is 11.3 Å². The second kappa shape index (κ2) is 8.55. The van der Waals surface area contributed by atoms with Crippen LogP contribution in [-0.2, 0) is 9.53 Å². The van der Waals surface area contributed by atoms with E-state index in [0.29, 0.717) is 28.4 Å². The van der Waals surface area contributed by atoms with Gasteiger partial charge in [0.25, 0.3) is 5.56 Å². The summed E-state index contributed by atoms with van der Waals surface area (Å²) in [7, 11) is 0. The Kier molecular flexibility index (Phi) is 5.82. The van der Waals surface area contributed by atoms with E-state index in [1.54, 1.807) is 24.5 Å². The Morgan fingerprint density at radius 2 is 1.77 bits per heavy atom. The molecule has 8 heteroatoms. The van der Waals surface area contributed by atoms with Crippen LogP contribution in [-0.4, -0.2) is 37.0 Å². The van der Waals surface area contributed by atoms with Crippen molar-refractivity contribution in [2.24, 2.45) is 0 Å². The van der Waals surface area contributed by atoms with E-state index in [4.69, 9.17) is 4.74 Å². The summed E-state index contributed by atoms with van der Waals surface area (Å²) >= 11 is 1.26. The number of para-hydroxylation sites is 2. The maximum Gasteiger partial charge on any atom is 0.319 e. The van der Waals surface area contributed by atoms with E-state index < -0.39 is 5.25 Å². The highest BCUT2D eigenvalue weighted by Gasteiger charge is 2.23. The zero-order chi connectivity index (χ0) is 22.1. The summed E-state index contributed by atoms with van der Waals surface area (Å²) in [5.74, 6) is 0.317. The van der Waals surface area contributed by atoms with E-state index in [-0.39, 0.29) is 17.4 Å². The first-order chi connectivity index (χ1) is 14.9. The van der Waals surface area contributed by atoms with E-state index in [1.807, 2.05) is 46.9 Å². The molecule has 0 saturated heterocycles. The molecule has 0 spiro atoms. The van der Waals surface area contributed by atoms with Crippen molar-refractivity contribution in [1.29, 1.82) is 0 Å². The molecule has 1 atom stereocenters. The Balaban J connectivity index is 2.01. The normalized spacial score (nSPS) is 12.5. The van der Waals surface area contributed by atoms with Gasteiger partial charge in [-0.15, -0.1) is 10.2 Å². The summed E-state index contributed by atoms with van der Waals surface area (Å²) in [6.45, 7) is 8.05. The fourth-order valence-electron chi connectivity index (χ4n) is 3.62. The maximum atomic E-state index is 13.5. The van der Waals surface area contributed by atoms with E-state index in [2.05, 4.69) is 24.0 Å². The van der Waals surface area contributed by atoms with Gasteiger partial charge >= 0.3 is 5.97 Å². The topological polar surface area (TPSA) is 78.5 Å². The number of fused-ring (bicyclic) bond motifs is 3. The van der Waals surface area contributed by atoms with Gasteiger partial charge in [-0.2, -0.15) is 0 Å². The predicted molar refractivity (Wildman–Crippen MR) is 122 cm³/mol. The molecule has 7 nitrogen and oxygen atoms in total. The minimum Gasteiger partial charge on any atom is -0.465 e. The minimum absolute atomic E-state index is 0.154. The van der Waals surface area contributed by atoms with E-state index in [1.165, 1.54) is 11.8 Å². The van der Waals surface area contributed by atoms with E-state index >= 15 is 0 Å². The van der Waals surface area contributed by atoms with Gasteiger partial charge < -0.3 is 4.74 Å². The molecule has 1 unspecified atom stereocenters. The average molecular weight is 437 g/mol. The molecule has 0 fully saturated rings. The second-order valence-corrected chi connectivity index (χ2v) is 8.81. The third-order valence-electron chi connectivity index (χ3n) is 5.10. The number of hydrogen-bond donors (Lipinski definition) is 0. The Morgan fingerprint density at radius 1 is 1.06 bits per heavy atom.